The molecule has 3 aromatic rings. The van der Waals surface area contributed by atoms with Gasteiger partial charge in [-0.2, -0.15) is 5.10 Å². The van der Waals surface area contributed by atoms with Gasteiger partial charge in [-0.05, 0) is 18.2 Å². The minimum atomic E-state index is 0.610. The Balaban J connectivity index is 2.04. The lowest BCUT2D eigenvalue weighted by molar-refractivity contribution is 0.485. The van der Waals surface area contributed by atoms with Crippen molar-refractivity contribution in [3.8, 4) is 11.5 Å². The van der Waals surface area contributed by atoms with Crippen LogP contribution < -0.4 is 10.5 Å². The summed E-state index contributed by atoms with van der Waals surface area (Å²) < 4.78 is 7.39. The highest BCUT2D eigenvalue weighted by Crippen LogP contribution is 2.32. The zero-order chi connectivity index (χ0) is 12.5. The molecule has 0 bridgehead atoms. The average Bonchev–Trinajstić information content (AvgIpc) is 2.79. The minimum Gasteiger partial charge on any atom is -0.452 e. The summed E-state index contributed by atoms with van der Waals surface area (Å²) in [5.74, 6) is 1.29. The largest absolute Gasteiger partial charge is 0.452 e. The lowest BCUT2D eigenvalue weighted by Gasteiger charge is -2.08. The van der Waals surface area contributed by atoms with Gasteiger partial charge in [0.05, 0.1) is 18.1 Å². The molecular formula is C13H12N4O. The van der Waals surface area contributed by atoms with Crippen LogP contribution in [0.2, 0.25) is 0 Å². The van der Waals surface area contributed by atoms with Gasteiger partial charge in [0, 0.05) is 30.2 Å². The van der Waals surface area contributed by atoms with Crippen LogP contribution in [0.4, 0.5) is 5.69 Å². The molecule has 2 N–H and O–H groups in total. The Morgan fingerprint density at radius 1 is 1.22 bits per heavy atom. The predicted octanol–water partition coefficient (Wildman–Crippen LogP) is 2.34. The fourth-order valence-electron chi connectivity index (χ4n) is 1.84. The first-order valence-electron chi connectivity index (χ1n) is 5.53. The molecule has 2 heterocycles. The number of rotatable bonds is 2. The highest BCUT2D eigenvalue weighted by Gasteiger charge is 2.07. The third-order valence-corrected chi connectivity index (χ3v) is 2.73. The second kappa shape index (κ2) is 4.03. The SMILES string of the molecule is Cn1cc(Oc2ccc3cnccc3c2N)cn1. The summed E-state index contributed by atoms with van der Waals surface area (Å²) in [7, 11) is 1.84. The molecule has 1 aromatic carbocycles. The van der Waals surface area contributed by atoms with Crippen molar-refractivity contribution in [1.29, 1.82) is 0 Å². The quantitative estimate of drug-likeness (QED) is 0.698. The van der Waals surface area contributed by atoms with Gasteiger partial charge in [-0.3, -0.25) is 9.67 Å². The predicted molar refractivity (Wildman–Crippen MR) is 69.4 cm³/mol. The number of hydrogen-bond acceptors (Lipinski definition) is 4. The molecule has 0 spiro atoms. The van der Waals surface area contributed by atoms with Crippen LogP contribution in [-0.4, -0.2) is 14.8 Å². The summed E-state index contributed by atoms with van der Waals surface area (Å²) in [4.78, 5) is 4.06. The molecule has 3 rings (SSSR count). The molecule has 0 aliphatic rings. The number of aryl methyl sites for hydroxylation is 1. The van der Waals surface area contributed by atoms with Crippen LogP contribution in [0.25, 0.3) is 10.8 Å². The zero-order valence-electron chi connectivity index (χ0n) is 9.87. The Morgan fingerprint density at radius 2 is 2.11 bits per heavy atom. The molecule has 0 radical (unpaired) electrons. The molecule has 90 valence electrons. The van der Waals surface area contributed by atoms with Gasteiger partial charge in [-0.1, -0.05) is 0 Å². The number of pyridine rings is 1. The second-order valence-electron chi connectivity index (χ2n) is 4.03. The highest BCUT2D eigenvalue weighted by atomic mass is 16.5. The molecule has 0 atom stereocenters. The van der Waals surface area contributed by atoms with Crippen LogP contribution in [0.5, 0.6) is 11.5 Å². The van der Waals surface area contributed by atoms with Gasteiger partial charge in [-0.25, -0.2) is 0 Å². The normalized spacial score (nSPS) is 10.7. The number of aromatic nitrogens is 3. The summed E-state index contributed by atoms with van der Waals surface area (Å²) in [5.41, 5.74) is 6.70. The van der Waals surface area contributed by atoms with Crippen LogP contribution in [0.1, 0.15) is 0 Å². The highest BCUT2D eigenvalue weighted by molar-refractivity contribution is 5.95. The van der Waals surface area contributed by atoms with Gasteiger partial charge in [0.15, 0.2) is 11.5 Å². The third-order valence-electron chi connectivity index (χ3n) is 2.73. The number of nitrogens with zero attached hydrogens (tertiary/aromatic N) is 3. The van der Waals surface area contributed by atoms with Crippen molar-refractivity contribution in [3.63, 3.8) is 0 Å². The fraction of sp³-hybridized carbons (Fsp3) is 0.0769. The van der Waals surface area contributed by atoms with Crippen LogP contribution in [0.3, 0.4) is 0 Å². The van der Waals surface area contributed by atoms with E-state index >= 15 is 0 Å². The van der Waals surface area contributed by atoms with Crippen molar-refractivity contribution >= 4 is 16.5 Å². The Bertz CT molecular complexity index is 705. The minimum absolute atomic E-state index is 0.610. The standard InChI is InChI=1S/C13H12N4O/c1-17-8-10(7-16-17)18-12-3-2-9-6-15-5-4-11(9)13(12)14/h2-8H,14H2,1H3. The molecular weight excluding hydrogens is 228 g/mol. The Kier molecular flexibility index (Phi) is 2.37. The van der Waals surface area contributed by atoms with E-state index in [-0.39, 0.29) is 0 Å². The molecule has 18 heavy (non-hydrogen) atoms. The first kappa shape index (κ1) is 10.6. The van der Waals surface area contributed by atoms with Crippen molar-refractivity contribution < 1.29 is 4.74 Å². The molecule has 5 nitrogen and oxygen atoms in total. The maximum Gasteiger partial charge on any atom is 0.165 e. The van der Waals surface area contributed by atoms with Crippen LogP contribution in [-0.2, 0) is 7.05 Å². The van der Waals surface area contributed by atoms with E-state index in [0.29, 0.717) is 17.2 Å². The molecule has 0 unspecified atom stereocenters. The summed E-state index contributed by atoms with van der Waals surface area (Å²) in [5, 5.41) is 5.98. The number of benzene rings is 1. The molecule has 0 saturated heterocycles. The molecule has 0 aliphatic carbocycles. The van der Waals surface area contributed by atoms with Crippen LogP contribution in [0, 0.1) is 0 Å². The van der Waals surface area contributed by atoms with E-state index in [9.17, 15) is 0 Å². The topological polar surface area (TPSA) is 66.0 Å². The number of fused-ring (bicyclic) bond motifs is 1. The van der Waals surface area contributed by atoms with E-state index in [1.807, 2.05) is 25.2 Å². The number of hydrogen-bond donors (Lipinski definition) is 1. The van der Waals surface area contributed by atoms with Crippen LogP contribution >= 0.6 is 0 Å². The molecule has 2 aromatic heterocycles. The summed E-state index contributed by atoms with van der Waals surface area (Å²) >= 11 is 0. The van der Waals surface area contributed by atoms with Crippen molar-refractivity contribution in [3.05, 3.63) is 43.0 Å². The lowest BCUT2D eigenvalue weighted by atomic mass is 10.1. The van der Waals surface area contributed by atoms with Crippen molar-refractivity contribution in [2.24, 2.45) is 7.05 Å². The average molecular weight is 240 g/mol. The fourth-order valence-corrected chi connectivity index (χ4v) is 1.84. The summed E-state index contributed by atoms with van der Waals surface area (Å²) in [6.07, 6.45) is 6.93. The van der Waals surface area contributed by atoms with Gasteiger partial charge in [0.25, 0.3) is 0 Å². The third kappa shape index (κ3) is 1.75. The number of ether oxygens (including phenoxy) is 1. The van der Waals surface area contributed by atoms with E-state index in [4.69, 9.17) is 10.5 Å². The Labute approximate surface area is 104 Å². The smallest absolute Gasteiger partial charge is 0.165 e. The molecule has 0 amide bonds. The van der Waals surface area contributed by atoms with Gasteiger partial charge in [-0.15, -0.1) is 0 Å². The maximum absolute atomic E-state index is 6.09. The molecule has 5 heteroatoms. The lowest BCUT2D eigenvalue weighted by Crippen LogP contribution is -1.93. The monoisotopic (exact) mass is 240 g/mol. The Morgan fingerprint density at radius 3 is 2.89 bits per heavy atom. The molecule has 0 saturated carbocycles. The van der Waals surface area contributed by atoms with E-state index < -0.39 is 0 Å². The van der Waals surface area contributed by atoms with E-state index in [0.717, 1.165) is 10.8 Å². The van der Waals surface area contributed by atoms with Crippen molar-refractivity contribution in [1.82, 2.24) is 14.8 Å². The number of nitrogen functional groups attached to an aromatic ring is 1. The number of nitrogens with two attached hydrogens (primary N) is 1. The van der Waals surface area contributed by atoms with E-state index in [1.165, 1.54) is 0 Å². The van der Waals surface area contributed by atoms with Gasteiger partial charge >= 0.3 is 0 Å². The molecule has 0 fully saturated rings. The van der Waals surface area contributed by atoms with E-state index in [1.54, 1.807) is 29.5 Å². The second-order valence-corrected chi connectivity index (χ2v) is 4.03. The summed E-state index contributed by atoms with van der Waals surface area (Å²) in [6, 6.07) is 5.65. The first-order valence-corrected chi connectivity index (χ1v) is 5.53. The number of anilines is 1. The van der Waals surface area contributed by atoms with Gasteiger partial charge in [0.1, 0.15) is 0 Å². The maximum atomic E-state index is 6.09. The van der Waals surface area contributed by atoms with Crippen molar-refractivity contribution in [2.45, 2.75) is 0 Å². The van der Waals surface area contributed by atoms with E-state index in [2.05, 4.69) is 10.1 Å². The van der Waals surface area contributed by atoms with Crippen molar-refractivity contribution in [2.75, 3.05) is 5.73 Å². The first-order chi connectivity index (χ1) is 8.74. The Hall–Kier alpha value is -2.56. The molecule has 0 aliphatic heterocycles. The van der Waals surface area contributed by atoms with Crippen LogP contribution in [0.15, 0.2) is 43.0 Å². The summed E-state index contributed by atoms with van der Waals surface area (Å²) in [6.45, 7) is 0. The van der Waals surface area contributed by atoms with Gasteiger partial charge < -0.3 is 10.5 Å². The zero-order valence-corrected chi connectivity index (χ0v) is 9.87. The van der Waals surface area contributed by atoms with Gasteiger partial charge in [0.2, 0.25) is 0 Å².